The SMILES string of the molecule is CC(=O)N[C@H]1[C@H]([C@H](OC(=O)NCc2cn(CCCCCNC(=O)CCCC[C@@H]3SC[C@@H]4NC(=O)N[C@@H]43)nn2)[C@H](O)CO)OC(P(=O)(O)O)=C[C@@H]1NC(=N)N. The number of unbranched alkanes of at least 4 members (excludes halogenated alkanes) is 3. The van der Waals surface area contributed by atoms with Crippen molar-refractivity contribution in [3.63, 3.8) is 0 Å². The Kier molecular flexibility index (Phi) is 15.7. The lowest BCUT2D eigenvalue weighted by Crippen LogP contribution is -2.64. The molecule has 3 aliphatic heterocycles. The third-order valence-corrected chi connectivity index (χ3v) is 11.2. The predicted octanol–water partition coefficient (Wildman–Crippen LogP) is -1.99. The third-order valence-electron chi connectivity index (χ3n) is 8.90. The first-order valence-corrected chi connectivity index (χ1v) is 20.2. The van der Waals surface area contributed by atoms with Gasteiger partial charge in [-0.25, -0.2) is 9.59 Å². The van der Waals surface area contributed by atoms with Gasteiger partial charge >= 0.3 is 19.7 Å². The Bertz CT molecular complexity index is 1560. The minimum Gasteiger partial charge on any atom is -0.476 e. The van der Waals surface area contributed by atoms with Gasteiger partial charge in [0, 0.05) is 37.4 Å². The normalized spacial score (nSPS) is 24.5. The molecule has 2 fully saturated rings. The van der Waals surface area contributed by atoms with Crippen molar-refractivity contribution in [2.45, 2.75) is 113 Å². The van der Waals surface area contributed by atoms with Crippen LogP contribution in [0.1, 0.15) is 57.6 Å². The van der Waals surface area contributed by atoms with Gasteiger partial charge in [0.2, 0.25) is 17.3 Å². The van der Waals surface area contributed by atoms with Gasteiger partial charge in [0.1, 0.15) is 11.8 Å². The van der Waals surface area contributed by atoms with E-state index in [1.807, 2.05) is 11.8 Å². The molecule has 1 aromatic heterocycles. The number of guanidine groups is 1. The Balaban J connectivity index is 1.17. The quantitative estimate of drug-likeness (QED) is 0.0223. The lowest BCUT2D eigenvalue weighted by Gasteiger charge is -2.41. The van der Waals surface area contributed by atoms with E-state index >= 15 is 0 Å². The minimum atomic E-state index is -5.08. The van der Waals surface area contributed by atoms with Crippen LogP contribution in [0.4, 0.5) is 9.59 Å². The Labute approximate surface area is 315 Å². The van der Waals surface area contributed by atoms with Gasteiger partial charge in [-0.1, -0.05) is 11.6 Å². The fourth-order valence-corrected chi connectivity index (χ4v) is 8.52. The van der Waals surface area contributed by atoms with Gasteiger partial charge in [0.15, 0.2) is 18.2 Å². The van der Waals surface area contributed by atoms with E-state index in [1.54, 1.807) is 10.9 Å². The average molecular weight is 804 g/mol. The molecule has 5 amide bonds. The molecule has 0 bridgehead atoms. The van der Waals surface area contributed by atoms with Gasteiger partial charge in [-0.05, 0) is 38.2 Å². The number of aliphatic hydroxyl groups is 2. The first-order valence-electron chi connectivity index (χ1n) is 17.5. The van der Waals surface area contributed by atoms with E-state index in [4.69, 9.17) is 20.6 Å². The second kappa shape index (κ2) is 20.0. The van der Waals surface area contributed by atoms with Gasteiger partial charge in [-0.3, -0.25) is 24.2 Å². The number of thioether (sulfide) groups is 1. The minimum absolute atomic E-state index is 0.0163. The average Bonchev–Trinajstić information content (AvgIpc) is 3.82. The van der Waals surface area contributed by atoms with Crippen molar-refractivity contribution in [3.05, 3.63) is 23.5 Å². The molecule has 4 heterocycles. The van der Waals surface area contributed by atoms with Crippen LogP contribution in [-0.2, 0) is 36.7 Å². The van der Waals surface area contributed by atoms with Gasteiger partial charge in [-0.2, -0.15) is 11.8 Å². The van der Waals surface area contributed by atoms with Crippen molar-refractivity contribution in [2.75, 3.05) is 18.9 Å². The van der Waals surface area contributed by atoms with Gasteiger partial charge in [-0.15, -0.1) is 5.10 Å². The molecule has 0 spiro atoms. The Hall–Kier alpha value is -4.15. The van der Waals surface area contributed by atoms with Crippen LogP contribution in [0.2, 0.25) is 0 Å². The summed E-state index contributed by atoms with van der Waals surface area (Å²) < 4.78 is 24.5. The standard InChI is InChI=1S/C30H50N11O11PS/c1-16(43)35-25-18(36-28(31)32)11-23(53(48,49)50)51-27(25)26(20(44)14-42)52-30(47)34-12-17-13-41(40-39-17)10-6-2-5-9-33-22(45)8-4-3-7-21-24-19(15-54-21)37-29(46)38-24/h11,13,18-21,24-27,42,44H,2-10,12,14-15H2,1H3,(H,33,45)(H,34,47)(H,35,43)(H4,31,32,36)(H2,37,38,46)(H2,48,49,50)/t18-,19-,20+,21-,24-,25+,26+,27+/m0/s1. The molecule has 2 saturated heterocycles. The molecule has 0 unspecified atom stereocenters. The number of hydrogen-bond acceptors (Lipinski definition) is 13. The second-order valence-electron chi connectivity index (χ2n) is 13.2. The lowest BCUT2D eigenvalue weighted by molar-refractivity contribution is -0.126. The van der Waals surface area contributed by atoms with E-state index in [1.165, 1.54) is 0 Å². The highest BCUT2D eigenvalue weighted by atomic mass is 32.2. The Morgan fingerprint density at radius 2 is 1.96 bits per heavy atom. The molecule has 24 heteroatoms. The van der Waals surface area contributed by atoms with Crippen LogP contribution in [0.25, 0.3) is 0 Å². The maximum Gasteiger partial charge on any atom is 0.407 e. The van der Waals surface area contributed by atoms with Crippen molar-refractivity contribution >= 4 is 49.3 Å². The zero-order valence-corrected chi connectivity index (χ0v) is 31.4. The molecule has 0 saturated carbocycles. The number of urea groups is 1. The maximum atomic E-state index is 12.9. The highest BCUT2D eigenvalue weighted by Crippen LogP contribution is 2.48. The summed E-state index contributed by atoms with van der Waals surface area (Å²) in [7, 11) is -5.08. The molecule has 8 atom stereocenters. The number of fused-ring (bicyclic) bond motifs is 1. The van der Waals surface area contributed by atoms with E-state index in [-0.39, 0.29) is 30.6 Å². The van der Waals surface area contributed by atoms with Crippen LogP contribution in [-0.4, -0.2) is 132 Å². The zero-order chi connectivity index (χ0) is 39.4. The van der Waals surface area contributed by atoms with Gasteiger partial charge in [0.05, 0.1) is 43.5 Å². The summed E-state index contributed by atoms with van der Waals surface area (Å²) >= 11 is 1.86. The van der Waals surface area contributed by atoms with Crippen molar-refractivity contribution in [3.8, 4) is 0 Å². The first kappa shape index (κ1) is 42.6. The molecule has 4 rings (SSSR count). The highest BCUT2D eigenvalue weighted by molar-refractivity contribution is 8.00. The Morgan fingerprint density at radius 3 is 2.67 bits per heavy atom. The zero-order valence-electron chi connectivity index (χ0n) is 29.7. The van der Waals surface area contributed by atoms with Crippen molar-refractivity contribution < 1.29 is 53.2 Å². The van der Waals surface area contributed by atoms with Crippen LogP contribution in [0.5, 0.6) is 0 Å². The third kappa shape index (κ3) is 12.7. The number of carbonyl (C=O) groups is 4. The van der Waals surface area contributed by atoms with Crippen molar-refractivity contribution in [1.29, 1.82) is 5.41 Å². The van der Waals surface area contributed by atoms with Crippen LogP contribution in [0.3, 0.4) is 0 Å². The topological polar surface area (TPSA) is 337 Å². The molecule has 22 nitrogen and oxygen atoms in total. The predicted molar refractivity (Wildman–Crippen MR) is 192 cm³/mol. The summed E-state index contributed by atoms with van der Waals surface area (Å²) in [4.78, 5) is 68.2. The molecule has 302 valence electrons. The fraction of sp³-hybridized carbons (Fsp3) is 0.700. The molecule has 54 heavy (non-hydrogen) atoms. The molecule has 0 aliphatic carbocycles. The monoisotopic (exact) mass is 803 g/mol. The number of amides is 5. The largest absolute Gasteiger partial charge is 0.476 e. The highest BCUT2D eigenvalue weighted by Gasteiger charge is 2.48. The number of hydrogen-bond donors (Lipinski definition) is 12. The number of carbonyl (C=O) groups excluding carboxylic acids is 4. The second-order valence-corrected chi connectivity index (χ2v) is 16.0. The first-order chi connectivity index (χ1) is 25.6. The fourth-order valence-electron chi connectivity index (χ4n) is 6.36. The molecule has 1 aromatic rings. The number of nitrogens with zero attached hydrogens (tertiary/aromatic N) is 3. The van der Waals surface area contributed by atoms with E-state index in [2.05, 4.69) is 42.2 Å². The van der Waals surface area contributed by atoms with E-state index in [0.717, 1.165) is 57.3 Å². The van der Waals surface area contributed by atoms with Crippen LogP contribution >= 0.6 is 19.4 Å². The summed E-state index contributed by atoms with van der Waals surface area (Å²) in [6.45, 7) is 1.09. The summed E-state index contributed by atoms with van der Waals surface area (Å²) in [5.74, 6) is -0.325. The molecular weight excluding hydrogens is 753 g/mol. The van der Waals surface area contributed by atoms with Gasteiger partial charge < -0.3 is 67.1 Å². The lowest BCUT2D eigenvalue weighted by atomic mass is 9.93. The summed E-state index contributed by atoms with van der Waals surface area (Å²) in [6.07, 6.45) is 1.59. The van der Waals surface area contributed by atoms with E-state index < -0.39 is 68.1 Å². The Morgan fingerprint density at radius 1 is 1.19 bits per heavy atom. The molecule has 0 aromatic carbocycles. The van der Waals surface area contributed by atoms with E-state index in [9.17, 15) is 43.7 Å². The van der Waals surface area contributed by atoms with Crippen LogP contribution in [0.15, 0.2) is 17.8 Å². The molecule has 13 N–H and O–H groups in total. The number of ether oxygens (including phenoxy) is 2. The number of rotatable bonds is 20. The summed E-state index contributed by atoms with van der Waals surface area (Å²) in [5.41, 5.74) is 4.89. The maximum absolute atomic E-state index is 12.9. The number of aliphatic hydroxyl groups excluding tert-OH is 2. The molecule has 3 aliphatic rings. The van der Waals surface area contributed by atoms with Crippen molar-refractivity contribution in [2.24, 2.45) is 5.73 Å². The van der Waals surface area contributed by atoms with E-state index in [0.29, 0.717) is 30.5 Å². The summed E-state index contributed by atoms with van der Waals surface area (Å²) in [5, 5.41) is 52.5. The van der Waals surface area contributed by atoms with Crippen molar-refractivity contribution in [1.82, 2.24) is 46.9 Å². The number of nitrogens with two attached hydrogens (primary N) is 1. The van der Waals surface area contributed by atoms with Gasteiger partial charge in [0.25, 0.3) is 0 Å². The summed E-state index contributed by atoms with van der Waals surface area (Å²) in [6, 6.07) is -2.27. The van der Waals surface area contributed by atoms with Crippen LogP contribution in [0, 0.1) is 5.41 Å². The van der Waals surface area contributed by atoms with Crippen LogP contribution < -0.4 is 37.6 Å². The number of nitrogens with one attached hydrogen (secondary N) is 7. The number of aromatic nitrogens is 3. The number of aryl methyl sites for hydroxylation is 1. The number of alkyl carbamates (subject to hydrolysis) is 1. The molecule has 0 radical (unpaired) electrons. The molecular formula is C30H50N11O11PS. The smallest absolute Gasteiger partial charge is 0.407 e.